The third kappa shape index (κ3) is 67.7. The molecule has 0 aromatic rings. The summed E-state index contributed by atoms with van der Waals surface area (Å²) in [6, 6.07) is 0. The van der Waals surface area contributed by atoms with Gasteiger partial charge in [-0.15, -0.1) is 0 Å². The Bertz CT molecular complexity index is 1840. The molecule has 0 aromatic heterocycles. The molecule has 83 heavy (non-hydrogen) atoms. The van der Waals surface area contributed by atoms with Crippen molar-refractivity contribution in [2.45, 2.75) is 297 Å². The average Bonchev–Trinajstić information content (AvgIpc) is 3.49. The first-order valence-electron chi connectivity index (χ1n) is 34.0. The van der Waals surface area contributed by atoms with E-state index in [0.717, 1.165) is 128 Å². The third-order valence-electron chi connectivity index (χ3n) is 14.0. The molecule has 0 N–H and O–H groups in total. The molecule has 6 heteroatoms. The summed E-state index contributed by atoms with van der Waals surface area (Å²) in [4.78, 5) is 38.4. The first-order valence-corrected chi connectivity index (χ1v) is 34.0. The fourth-order valence-corrected chi connectivity index (χ4v) is 8.98. The van der Waals surface area contributed by atoms with E-state index < -0.39 is 6.10 Å². The van der Waals surface area contributed by atoms with Gasteiger partial charge in [0.2, 0.25) is 0 Å². The molecule has 1 unspecified atom stereocenters. The highest BCUT2D eigenvalue weighted by Crippen LogP contribution is 2.15. The van der Waals surface area contributed by atoms with Gasteiger partial charge in [-0.2, -0.15) is 0 Å². The lowest BCUT2D eigenvalue weighted by Crippen LogP contribution is -2.30. The van der Waals surface area contributed by atoms with Gasteiger partial charge in [-0.3, -0.25) is 14.4 Å². The van der Waals surface area contributed by atoms with Gasteiger partial charge in [0.15, 0.2) is 6.10 Å². The van der Waals surface area contributed by atoms with Crippen molar-refractivity contribution in [2.24, 2.45) is 0 Å². The molecule has 0 rings (SSSR count). The van der Waals surface area contributed by atoms with Crippen molar-refractivity contribution in [3.8, 4) is 0 Å². The molecule has 468 valence electrons. The molecular weight excluding hydrogens is 1020 g/mol. The molecule has 0 heterocycles. The summed E-state index contributed by atoms with van der Waals surface area (Å²) in [7, 11) is 0. The summed E-state index contributed by atoms with van der Waals surface area (Å²) in [5, 5.41) is 0. The summed E-state index contributed by atoms with van der Waals surface area (Å²) in [6.07, 6.45) is 101. The van der Waals surface area contributed by atoms with Gasteiger partial charge < -0.3 is 14.2 Å². The van der Waals surface area contributed by atoms with Gasteiger partial charge >= 0.3 is 17.9 Å². The maximum Gasteiger partial charge on any atom is 0.306 e. The summed E-state index contributed by atoms with van der Waals surface area (Å²) in [6.45, 7) is 6.36. The zero-order valence-corrected chi connectivity index (χ0v) is 53.7. The van der Waals surface area contributed by atoms with E-state index in [1.807, 2.05) is 0 Å². The number of hydrogen-bond donors (Lipinski definition) is 0. The molecule has 0 aliphatic heterocycles. The number of carbonyl (C=O) groups is 3. The lowest BCUT2D eigenvalue weighted by molar-refractivity contribution is -0.167. The second-order valence-corrected chi connectivity index (χ2v) is 22.0. The normalized spacial score (nSPS) is 13.1. The number of allylic oxidation sites excluding steroid dienone is 26. The number of unbranched alkanes of at least 4 members (excludes halogenated alkanes) is 23. The minimum atomic E-state index is -0.825. The smallest absolute Gasteiger partial charge is 0.306 e. The number of hydrogen-bond acceptors (Lipinski definition) is 6. The summed E-state index contributed by atoms with van der Waals surface area (Å²) in [5.74, 6) is -0.985. The molecule has 0 bridgehead atoms. The minimum Gasteiger partial charge on any atom is -0.462 e. The van der Waals surface area contributed by atoms with Crippen molar-refractivity contribution in [3.05, 3.63) is 158 Å². The molecule has 0 saturated carbocycles. The number of esters is 3. The molecule has 1 atom stereocenters. The van der Waals surface area contributed by atoms with Crippen LogP contribution in [0.5, 0.6) is 0 Å². The Hall–Kier alpha value is -4.97. The van der Waals surface area contributed by atoms with Gasteiger partial charge in [-0.25, -0.2) is 0 Å². The molecule has 0 fully saturated rings. The molecule has 0 aliphatic rings. The van der Waals surface area contributed by atoms with Crippen LogP contribution >= 0.6 is 0 Å². The molecule has 0 saturated heterocycles. The Balaban J connectivity index is 4.50. The van der Waals surface area contributed by atoms with Crippen molar-refractivity contribution >= 4 is 17.9 Å². The third-order valence-corrected chi connectivity index (χ3v) is 14.0. The van der Waals surface area contributed by atoms with Crippen molar-refractivity contribution < 1.29 is 28.6 Å². The van der Waals surface area contributed by atoms with Crippen LogP contribution in [0.4, 0.5) is 0 Å². The highest BCUT2D eigenvalue weighted by molar-refractivity contribution is 5.71. The monoisotopic (exact) mass is 1140 g/mol. The van der Waals surface area contributed by atoms with E-state index >= 15 is 0 Å². The Morgan fingerprint density at radius 1 is 0.253 bits per heavy atom. The van der Waals surface area contributed by atoms with Crippen LogP contribution in [0.15, 0.2) is 158 Å². The zero-order chi connectivity index (χ0) is 59.9. The van der Waals surface area contributed by atoms with Crippen molar-refractivity contribution in [1.29, 1.82) is 0 Å². The largest absolute Gasteiger partial charge is 0.462 e. The fourth-order valence-electron chi connectivity index (χ4n) is 8.98. The van der Waals surface area contributed by atoms with Crippen LogP contribution in [0.3, 0.4) is 0 Å². The summed E-state index contributed by atoms with van der Waals surface area (Å²) < 4.78 is 16.9. The highest BCUT2D eigenvalue weighted by atomic mass is 16.6. The van der Waals surface area contributed by atoms with Crippen LogP contribution in [0, 0.1) is 0 Å². The van der Waals surface area contributed by atoms with E-state index in [0.29, 0.717) is 19.3 Å². The number of ether oxygens (including phenoxy) is 3. The van der Waals surface area contributed by atoms with Crippen LogP contribution in [-0.2, 0) is 28.6 Å². The van der Waals surface area contributed by atoms with E-state index in [4.69, 9.17) is 14.2 Å². The van der Waals surface area contributed by atoms with Gasteiger partial charge in [0.25, 0.3) is 0 Å². The van der Waals surface area contributed by atoms with Crippen LogP contribution in [0.2, 0.25) is 0 Å². The van der Waals surface area contributed by atoms with Crippen molar-refractivity contribution in [1.82, 2.24) is 0 Å². The van der Waals surface area contributed by atoms with Crippen LogP contribution in [-0.4, -0.2) is 37.2 Å². The molecule has 0 amide bonds. The van der Waals surface area contributed by atoms with Gasteiger partial charge in [0.1, 0.15) is 13.2 Å². The van der Waals surface area contributed by atoms with E-state index in [2.05, 4.69) is 179 Å². The van der Waals surface area contributed by atoms with E-state index in [9.17, 15) is 14.4 Å². The second kappa shape index (κ2) is 69.5. The quantitative estimate of drug-likeness (QED) is 0.0261. The standard InChI is InChI=1S/C77H124O6/c1-4-7-10-13-16-19-22-25-28-31-33-35-37-38-40-41-43-46-49-52-55-58-61-64-67-70-76(79)82-73-74(72-81-75(78)69-66-63-60-57-54-51-48-45-30-27-24-21-18-15-12-9-6-3)83-77(80)71-68-65-62-59-56-53-50-47-44-42-39-36-34-32-29-26-23-20-17-14-11-8-5-2/h8-9,11-12,17-18,20-22,25-27,29-31,33-34,36-38,42,44,50,53,59,62,74H,4-7,10,13-16,19,23-24,28,32,35,39-41,43,45-49,51-52,54-58,60-61,63-73H2,1-3H3/b11-8-,12-9-,20-17-,21-18-,25-22-,29-26-,30-27-,33-31-,36-34-,38-37-,44-42-,53-50-,62-59-. The summed E-state index contributed by atoms with van der Waals surface area (Å²) >= 11 is 0. The Labute approximate surface area is 511 Å². The average molecular weight is 1150 g/mol. The van der Waals surface area contributed by atoms with E-state index in [1.54, 1.807) is 0 Å². The highest BCUT2D eigenvalue weighted by Gasteiger charge is 2.19. The van der Waals surface area contributed by atoms with Crippen molar-refractivity contribution in [3.63, 3.8) is 0 Å². The Morgan fingerprint density at radius 2 is 0.482 bits per heavy atom. The Morgan fingerprint density at radius 3 is 0.771 bits per heavy atom. The van der Waals surface area contributed by atoms with E-state index in [-0.39, 0.29) is 37.5 Å². The lowest BCUT2D eigenvalue weighted by Gasteiger charge is -2.18. The lowest BCUT2D eigenvalue weighted by atomic mass is 10.1. The van der Waals surface area contributed by atoms with Crippen LogP contribution < -0.4 is 0 Å². The van der Waals surface area contributed by atoms with Gasteiger partial charge in [0.05, 0.1) is 0 Å². The van der Waals surface area contributed by atoms with Crippen LogP contribution in [0.1, 0.15) is 290 Å². The molecular formula is C77H124O6. The summed E-state index contributed by atoms with van der Waals surface area (Å²) in [5.41, 5.74) is 0. The van der Waals surface area contributed by atoms with Gasteiger partial charge in [-0.1, -0.05) is 288 Å². The van der Waals surface area contributed by atoms with Crippen LogP contribution in [0.25, 0.3) is 0 Å². The first-order chi connectivity index (χ1) is 41.0. The molecule has 0 radical (unpaired) electrons. The molecule has 0 spiro atoms. The first kappa shape index (κ1) is 78.0. The minimum absolute atomic E-state index is 0.113. The molecule has 6 nitrogen and oxygen atoms in total. The molecule has 0 aromatic carbocycles. The predicted octanol–water partition coefficient (Wildman–Crippen LogP) is 23.7. The number of rotatable bonds is 60. The van der Waals surface area contributed by atoms with Crippen molar-refractivity contribution in [2.75, 3.05) is 13.2 Å². The van der Waals surface area contributed by atoms with Gasteiger partial charge in [-0.05, 0) is 141 Å². The fraction of sp³-hybridized carbons (Fsp3) is 0.623. The SMILES string of the molecule is CC/C=C\C/C=C\C/C=C\C/C=C\C/C=C\C/C=C\C/C=C\CCCC(=O)OC(COC(=O)CCCCCCCCC/C=C\C/C=C\C/C=C\CC)COC(=O)CCCCCCCCCCCC/C=C\C/C=C\C/C=C\CCCCCCC. The maximum absolute atomic E-state index is 12.9. The topological polar surface area (TPSA) is 78.9 Å². The second-order valence-electron chi connectivity index (χ2n) is 22.0. The van der Waals surface area contributed by atoms with Gasteiger partial charge in [0, 0.05) is 19.3 Å². The Kier molecular flexibility index (Phi) is 65.4. The number of carbonyl (C=O) groups excluding carboxylic acids is 3. The zero-order valence-electron chi connectivity index (χ0n) is 53.7. The maximum atomic E-state index is 12.9. The molecule has 0 aliphatic carbocycles. The van der Waals surface area contributed by atoms with E-state index in [1.165, 1.54) is 116 Å². The predicted molar refractivity (Wildman–Crippen MR) is 362 cm³/mol.